The summed E-state index contributed by atoms with van der Waals surface area (Å²) >= 11 is 1.31. The van der Waals surface area contributed by atoms with Crippen molar-refractivity contribution in [2.24, 2.45) is 0 Å². The van der Waals surface area contributed by atoms with Gasteiger partial charge in [-0.05, 0) is 43.7 Å². The SMILES string of the molecule is CC(=O)Nc1nc2c(Oc3cc(-c4ccc(C(F)(F)F)cc4)nc(NC[C@H]4CCCCN4)n3)cccc2s1. The molecule has 4 aromatic rings. The van der Waals surface area contributed by atoms with Crippen LogP contribution in [0, 0.1) is 0 Å². The van der Waals surface area contributed by atoms with Gasteiger partial charge >= 0.3 is 6.18 Å². The Morgan fingerprint density at radius 1 is 1.13 bits per heavy atom. The Labute approximate surface area is 220 Å². The van der Waals surface area contributed by atoms with Crippen LogP contribution in [-0.4, -0.2) is 40.0 Å². The summed E-state index contributed by atoms with van der Waals surface area (Å²) in [6, 6.07) is 12.0. The molecule has 2 aromatic heterocycles. The summed E-state index contributed by atoms with van der Waals surface area (Å²) in [6.07, 6.45) is -1.13. The van der Waals surface area contributed by atoms with Gasteiger partial charge in [-0.1, -0.05) is 36.0 Å². The van der Waals surface area contributed by atoms with E-state index in [1.54, 1.807) is 18.2 Å². The number of benzene rings is 2. The van der Waals surface area contributed by atoms with Gasteiger partial charge in [0, 0.05) is 31.1 Å². The van der Waals surface area contributed by atoms with Crippen molar-refractivity contribution >= 4 is 38.5 Å². The van der Waals surface area contributed by atoms with Crippen LogP contribution in [0.1, 0.15) is 31.7 Å². The zero-order valence-corrected chi connectivity index (χ0v) is 21.2. The third-order valence-electron chi connectivity index (χ3n) is 6.01. The number of para-hydroxylation sites is 1. The Balaban J connectivity index is 1.47. The van der Waals surface area contributed by atoms with E-state index in [0.717, 1.165) is 42.6 Å². The van der Waals surface area contributed by atoms with Crippen LogP contribution in [0.25, 0.3) is 21.5 Å². The Bertz CT molecular complexity index is 1440. The first-order valence-corrected chi connectivity index (χ1v) is 13.0. The predicted molar refractivity (Wildman–Crippen MR) is 141 cm³/mol. The molecule has 3 heterocycles. The van der Waals surface area contributed by atoms with Gasteiger partial charge in [-0.25, -0.2) is 9.97 Å². The minimum Gasteiger partial charge on any atom is -0.437 e. The molecule has 1 amide bonds. The molecule has 0 bridgehead atoms. The number of halogens is 3. The summed E-state index contributed by atoms with van der Waals surface area (Å²) < 4.78 is 46.2. The van der Waals surface area contributed by atoms with Crippen molar-refractivity contribution < 1.29 is 22.7 Å². The van der Waals surface area contributed by atoms with Crippen LogP contribution in [0.2, 0.25) is 0 Å². The zero-order valence-electron chi connectivity index (χ0n) is 20.4. The molecule has 8 nitrogen and oxygen atoms in total. The smallest absolute Gasteiger partial charge is 0.416 e. The number of piperidine rings is 1. The van der Waals surface area contributed by atoms with Gasteiger partial charge in [-0.2, -0.15) is 18.2 Å². The quantitative estimate of drug-likeness (QED) is 0.260. The largest absolute Gasteiger partial charge is 0.437 e. The van der Waals surface area contributed by atoms with Gasteiger partial charge < -0.3 is 20.7 Å². The van der Waals surface area contributed by atoms with Gasteiger partial charge in [0.1, 0.15) is 5.52 Å². The first-order valence-electron chi connectivity index (χ1n) is 12.1. The molecule has 1 fully saturated rings. The normalized spacial score (nSPS) is 15.8. The highest BCUT2D eigenvalue weighted by Crippen LogP contribution is 2.36. The van der Waals surface area contributed by atoms with Crippen molar-refractivity contribution in [2.75, 3.05) is 23.7 Å². The molecule has 0 spiro atoms. The highest BCUT2D eigenvalue weighted by atomic mass is 32.1. The van der Waals surface area contributed by atoms with Gasteiger partial charge in [0.2, 0.25) is 17.7 Å². The number of nitrogens with one attached hydrogen (secondary N) is 3. The fraction of sp³-hybridized carbons (Fsp3) is 0.308. The van der Waals surface area contributed by atoms with Crippen molar-refractivity contribution in [2.45, 2.75) is 38.4 Å². The van der Waals surface area contributed by atoms with Crippen LogP contribution in [0.15, 0.2) is 48.5 Å². The number of carbonyl (C=O) groups excluding carboxylic acids is 1. The van der Waals surface area contributed by atoms with E-state index in [4.69, 9.17) is 4.74 Å². The van der Waals surface area contributed by atoms with E-state index in [1.807, 2.05) is 6.07 Å². The van der Waals surface area contributed by atoms with E-state index < -0.39 is 11.7 Å². The molecule has 5 rings (SSSR count). The summed E-state index contributed by atoms with van der Waals surface area (Å²) in [5, 5.41) is 9.82. The molecule has 3 N–H and O–H groups in total. The summed E-state index contributed by atoms with van der Waals surface area (Å²) in [7, 11) is 0. The second-order valence-electron chi connectivity index (χ2n) is 8.92. The van der Waals surface area contributed by atoms with E-state index in [9.17, 15) is 18.0 Å². The number of nitrogens with zero attached hydrogens (tertiary/aromatic N) is 3. The van der Waals surface area contributed by atoms with Gasteiger partial charge in [-0.15, -0.1) is 0 Å². The Kier molecular flexibility index (Phi) is 7.43. The molecule has 12 heteroatoms. The maximum atomic E-state index is 13.1. The van der Waals surface area contributed by atoms with Gasteiger partial charge in [-0.3, -0.25) is 4.79 Å². The van der Waals surface area contributed by atoms with Crippen LogP contribution in [0.4, 0.5) is 24.3 Å². The van der Waals surface area contributed by atoms with E-state index in [2.05, 4.69) is 30.9 Å². The molecular weight excluding hydrogens is 517 g/mol. The van der Waals surface area contributed by atoms with E-state index in [-0.39, 0.29) is 17.8 Å². The van der Waals surface area contributed by atoms with E-state index >= 15 is 0 Å². The number of aromatic nitrogens is 3. The summed E-state index contributed by atoms with van der Waals surface area (Å²) in [5.41, 5.74) is 0.715. The Morgan fingerprint density at radius 2 is 1.95 bits per heavy atom. The molecule has 2 aromatic carbocycles. The van der Waals surface area contributed by atoms with E-state index in [1.165, 1.54) is 30.4 Å². The molecule has 0 aliphatic carbocycles. The van der Waals surface area contributed by atoms with Crippen LogP contribution in [0.5, 0.6) is 11.6 Å². The number of ether oxygens (including phenoxy) is 1. The molecule has 38 heavy (non-hydrogen) atoms. The molecule has 1 saturated heterocycles. The fourth-order valence-electron chi connectivity index (χ4n) is 4.17. The number of hydrogen-bond donors (Lipinski definition) is 3. The van der Waals surface area contributed by atoms with Crippen LogP contribution in [0.3, 0.4) is 0 Å². The lowest BCUT2D eigenvalue weighted by Gasteiger charge is -2.23. The van der Waals surface area contributed by atoms with Crippen LogP contribution < -0.4 is 20.7 Å². The minimum absolute atomic E-state index is 0.204. The maximum Gasteiger partial charge on any atom is 0.416 e. The Hall–Kier alpha value is -3.77. The lowest BCUT2D eigenvalue weighted by molar-refractivity contribution is -0.137. The summed E-state index contributed by atoms with van der Waals surface area (Å²) in [6.45, 7) is 2.95. The highest BCUT2D eigenvalue weighted by Gasteiger charge is 2.30. The van der Waals surface area contributed by atoms with E-state index in [0.29, 0.717) is 40.1 Å². The lowest BCUT2D eigenvalue weighted by atomic mass is 10.1. The number of rotatable bonds is 7. The second kappa shape index (κ2) is 10.9. The fourth-order valence-corrected chi connectivity index (χ4v) is 5.10. The van der Waals surface area contributed by atoms with Crippen LogP contribution >= 0.6 is 11.3 Å². The number of anilines is 2. The number of amides is 1. The first kappa shape index (κ1) is 25.9. The summed E-state index contributed by atoms with van der Waals surface area (Å²) in [4.78, 5) is 25.0. The molecule has 1 aliphatic heterocycles. The number of alkyl halides is 3. The molecule has 1 aliphatic rings. The molecule has 198 valence electrons. The van der Waals surface area contributed by atoms with Crippen LogP contribution in [-0.2, 0) is 11.0 Å². The molecule has 0 saturated carbocycles. The average molecular weight is 543 g/mol. The maximum absolute atomic E-state index is 13.1. The minimum atomic E-state index is -4.43. The highest BCUT2D eigenvalue weighted by molar-refractivity contribution is 7.22. The predicted octanol–water partition coefficient (Wildman–Crippen LogP) is 6.08. The average Bonchev–Trinajstić information content (AvgIpc) is 3.30. The van der Waals surface area contributed by atoms with Crippen molar-refractivity contribution in [3.8, 4) is 22.9 Å². The van der Waals surface area contributed by atoms with Crippen molar-refractivity contribution in [3.63, 3.8) is 0 Å². The standard InChI is InChI=1S/C26H25F3N6O2S/c1-15(36)32-25-35-23-20(6-4-7-21(23)38-25)37-22-13-19(16-8-10-17(11-9-16)26(27,28)29)33-24(34-22)31-14-18-5-2-3-12-30-18/h4,6-11,13,18,30H,2-3,5,12,14H2,1H3,(H,31,33,34)(H,32,35,36)/t18-/m1/s1. The second-order valence-corrected chi connectivity index (χ2v) is 9.95. The van der Waals surface area contributed by atoms with Gasteiger partial charge in [0.05, 0.1) is 16.0 Å². The van der Waals surface area contributed by atoms with Gasteiger partial charge in [0.15, 0.2) is 10.9 Å². The molecule has 0 unspecified atom stereocenters. The molecule has 1 atom stereocenters. The first-order chi connectivity index (χ1) is 18.2. The number of hydrogen-bond acceptors (Lipinski definition) is 8. The molecule has 0 radical (unpaired) electrons. The van der Waals surface area contributed by atoms with Gasteiger partial charge in [0.25, 0.3) is 0 Å². The number of carbonyl (C=O) groups is 1. The summed E-state index contributed by atoms with van der Waals surface area (Å²) in [5.74, 6) is 0.698. The zero-order chi connectivity index (χ0) is 26.7. The van der Waals surface area contributed by atoms with Crippen molar-refractivity contribution in [3.05, 3.63) is 54.1 Å². The Morgan fingerprint density at radius 3 is 2.66 bits per heavy atom. The number of fused-ring (bicyclic) bond motifs is 1. The number of thiazole rings is 1. The lowest BCUT2D eigenvalue weighted by Crippen LogP contribution is -2.39. The topological polar surface area (TPSA) is 101 Å². The van der Waals surface area contributed by atoms with Crippen molar-refractivity contribution in [1.29, 1.82) is 0 Å². The third kappa shape index (κ3) is 6.20. The monoisotopic (exact) mass is 542 g/mol. The molecular formula is C26H25F3N6O2S. The third-order valence-corrected chi connectivity index (χ3v) is 6.95. The van der Waals surface area contributed by atoms with Crippen molar-refractivity contribution in [1.82, 2.24) is 20.3 Å².